The number of rotatable bonds is 35. The molecule has 0 aromatic carbocycles. The van der Waals surface area contributed by atoms with Gasteiger partial charge in [-0.25, -0.2) is 28.1 Å². The molecule has 14 bridgehead atoms. The van der Waals surface area contributed by atoms with E-state index in [0.29, 0.717) is 0 Å². The minimum Gasteiger partial charge on any atom is -0.390 e. The normalized spacial score (nSPS) is 32.9. The summed E-state index contributed by atoms with van der Waals surface area (Å²) in [6.07, 6.45) is -51.0. The molecule has 28 rings (SSSR count). The van der Waals surface area contributed by atoms with Gasteiger partial charge in [0.1, 0.15) is 129 Å². The lowest BCUT2D eigenvalue weighted by Crippen LogP contribution is -2.67. The Hall–Kier alpha value is -11.0. The van der Waals surface area contributed by atoms with Crippen molar-refractivity contribution in [1.29, 1.82) is 0 Å². The molecule has 7 aromatic rings. The number of carbonyl (C=O) groups excluding carboxylic acids is 7. The van der Waals surface area contributed by atoms with Crippen molar-refractivity contribution in [2.24, 2.45) is 40.1 Å². The number of H-pyrrole nitrogens is 1. The first-order valence-corrected chi connectivity index (χ1v) is 46.2. The molecule has 143 heavy (non-hydrogen) atoms. The van der Waals surface area contributed by atoms with Crippen molar-refractivity contribution in [1.82, 2.24) is 137 Å². The van der Waals surface area contributed by atoms with Gasteiger partial charge in [0.2, 0.25) is 0 Å². The molecule has 13 unspecified atom stereocenters. The Balaban J connectivity index is 0.829. The SMILES string of the molecule is NCCNC(=O)c1cn(CC2O[C@@H]3O[C@H]4C(Cn5cc(C(=O)NCCN)nn5)O[C@H](O[C@H]5C(Cn6cc(C(=O)NCCN)nn6)O[C@@H](O[C@H]6C(Cn7cc(C(=O)NCCN)nn7)O[C@@H](O[C@@H]7CC(O)[C@@H](OC7Cn7cc(C(=O)NCCN)nn7)O[C@@H]7CC(O)[C@@H](OC7Cn7cc(C(=O)NCCN)nn7)O[C@H]7C(C[n+]8cc(C(=O)NCCN)n[nH]8)O[C@H](C[C@H]7O)O[C@@H]2CC3O)C(O)[C@H]6O)C(O)[C@H]5O)C(O)[C@H]4O)nn1. The monoisotopic (exact) mass is 2030 g/mol. The van der Waals surface area contributed by atoms with Crippen molar-refractivity contribution in [2.75, 3.05) is 91.6 Å². The van der Waals surface area contributed by atoms with E-state index in [1.54, 1.807) is 0 Å². The van der Waals surface area contributed by atoms with E-state index in [1.165, 1.54) is 45.0 Å². The Morgan fingerprint density at radius 1 is 0.294 bits per heavy atom. The molecule has 21 aliphatic rings. The van der Waals surface area contributed by atoms with Gasteiger partial charge in [-0.3, -0.25) is 33.6 Å². The number of carbonyl (C=O) groups is 7. The number of hydrogen-bond acceptors (Lipinski definition) is 51. The Labute approximate surface area is 808 Å². The first kappa shape index (κ1) is 106. The number of hydrogen-bond donors (Lipinski definition) is 25. The molecule has 28 heterocycles. The highest BCUT2D eigenvalue weighted by molar-refractivity contribution is 5.94. The smallest absolute Gasteiger partial charge is 0.305 e. The molecular weight excluding hydrogens is 1910 g/mol. The molecule has 788 valence electrons. The number of nitrogens with two attached hydrogens (primary N) is 7. The zero-order valence-corrected chi connectivity index (χ0v) is 76.6. The van der Waals surface area contributed by atoms with E-state index in [0.717, 1.165) is 31.1 Å². The van der Waals surface area contributed by atoms with Crippen molar-refractivity contribution < 1.29 is 156 Å². The van der Waals surface area contributed by atoms with Crippen molar-refractivity contribution in [2.45, 2.75) is 262 Å². The van der Waals surface area contributed by atoms with E-state index in [1.807, 2.05) is 0 Å². The number of nitrogens with zero attached hydrogens (tertiary/aromatic N) is 20. The molecule has 21 aliphatic heterocycles. The lowest BCUT2D eigenvalue weighted by molar-refractivity contribution is -0.761. The maximum absolute atomic E-state index is 13.4. The summed E-state index contributed by atoms with van der Waals surface area (Å²) in [5.41, 5.74) is 38.4. The minimum absolute atomic E-state index is 0.00333. The van der Waals surface area contributed by atoms with Crippen LogP contribution in [-0.2, 0) is 112 Å². The summed E-state index contributed by atoms with van der Waals surface area (Å²) in [5.74, 6) is -4.93. The van der Waals surface area contributed by atoms with E-state index >= 15 is 0 Å². The first-order valence-electron chi connectivity index (χ1n) is 46.2. The maximum Gasteiger partial charge on any atom is 0.305 e. The first-order chi connectivity index (χ1) is 69.0. The van der Waals surface area contributed by atoms with Gasteiger partial charge in [-0.2, -0.15) is 4.68 Å². The molecule has 66 nitrogen and oxygen atoms in total. The van der Waals surface area contributed by atoms with Gasteiger partial charge < -0.3 is 195 Å². The zero-order valence-electron chi connectivity index (χ0n) is 76.6. The Morgan fingerprint density at radius 3 is 0.853 bits per heavy atom. The maximum atomic E-state index is 13.4. The zero-order chi connectivity index (χ0) is 101. The largest absolute Gasteiger partial charge is 0.390 e. The summed E-state index contributed by atoms with van der Waals surface area (Å²) in [6.45, 7) is -3.10. The summed E-state index contributed by atoms with van der Waals surface area (Å²) in [5, 5.41) is 201. The number of nitrogens with one attached hydrogen (secondary N) is 8. The van der Waals surface area contributed by atoms with Crippen LogP contribution in [0, 0.1) is 0 Å². The standard InChI is InChI=1S/C77H119N35O31/c78-1-8-85-65(123)33-19-106(99-92-33)26-47-44-15-42(115)74(135-47)141-62-51(30-110-23-37(96-103-110)69(127)89-12-5-82)138-76(59(121)56(62)118)143-64-53(32-112-25-39(98-105-112)71(129)91-14-7-84)139-77(60(122)57(64)119)142-63-52(31-111-24-38(97-104-111)70(128)90-13-6-83)137-75(58(120)55(63)117)133-46-16-41(114)72(134-49(46)28-108-21-35(94-101-108)67(125)87-10-3-80)132-45-17-43(116)73(136-48(45)27-107-20-34(93-100-107)66(124)86-9-2-79)140-61-40(113)18-54(130-44)131-50(61)29-109-22-36(95-102-109)68(126)88-11-4-81/h19-25,40-64,72-77,113-122H,1-18,26-32,78-84H2,(H7,85,86,87,88,89,90,91,123,124,125,126,127,128,129)/p+1/t40-,41?,42?,43?,44-,45-,46-,47?,48?,49?,50?,51?,52?,53?,54-,55-,56-,57-,58?,59?,60?,61-,62+,63+,64+,72-,73+,74-,75-,76-,77+/m1/s1. The lowest BCUT2D eigenvalue weighted by atomic mass is 9.95. The van der Waals surface area contributed by atoms with Crippen LogP contribution in [0.2, 0.25) is 0 Å². The number of aliphatic hydroxyl groups excluding tert-OH is 10. The van der Waals surface area contributed by atoms with Gasteiger partial charge in [-0.1, -0.05) is 36.5 Å². The third kappa shape index (κ3) is 26.3. The fourth-order valence-electron chi connectivity index (χ4n) is 17.0. The summed E-state index contributed by atoms with van der Waals surface area (Å²) < 4.78 is 101. The molecule has 21 fully saturated rings. The molecule has 32 N–H and O–H groups in total. The van der Waals surface area contributed by atoms with Crippen molar-refractivity contribution in [3.05, 3.63) is 83.2 Å². The Bertz CT molecular complexity index is 5310. The highest BCUT2D eigenvalue weighted by Gasteiger charge is 2.58. The van der Waals surface area contributed by atoms with E-state index < -0.39 is 303 Å². The van der Waals surface area contributed by atoms with Crippen LogP contribution < -0.4 is 82.0 Å². The van der Waals surface area contributed by atoms with Crippen LogP contribution in [0.1, 0.15) is 99.1 Å². The molecule has 66 heteroatoms. The lowest BCUT2D eigenvalue weighted by Gasteiger charge is -2.49. The second kappa shape index (κ2) is 49.3. The van der Waals surface area contributed by atoms with Gasteiger partial charge in [-0.15, -0.1) is 30.6 Å². The third-order valence-electron chi connectivity index (χ3n) is 24.1. The average molecular weight is 2030 g/mol. The van der Waals surface area contributed by atoms with Gasteiger partial charge in [0.05, 0.1) is 106 Å². The molecule has 7 amide bonds. The van der Waals surface area contributed by atoms with Gasteiger partial charge >= 0.3 is 11.6 Å². The molecule has 21 saturated heterocycles. The van der Waals surface area contributed by atoms with Crippen LogP contribution in [0.3, 0.4) is 0 Å². The molecule has 0 spiro atoms. The number of amides is 7. The second-order valence-corrected chi connectivity index (χ2v) is 34.6. The average Bonchev–Trinajstić information content (AvgIpc) is 1.13. The fraction of sp³-hybridized carbons (Fsp3) is 0.727. The summed E-state index contributed by atoms with van der Waals surface area (Å²) in [4.78, 5) is 93.7. The number of ether oxygens (including phenoxy) is 14. The van der Waals surface area contributed by atoms with Gasteiger partial charge in [0.25, 0.3) is 35.4 Å². The van der Waals surface area contributed by atoms with Crippen LogP contribution in [0.15, 0.2) is 43.4 Å². The van der Waals surface area contributed by atoms with E-state index in [2.05, 4.69) is 109 Å². The van der Waals surface area contributed by atoms with Crippen LogP contribution in [-0.4, -0.2) is 475 Å². The highest BCUT2D eigenvalue weighted by atomic mass is 16.8. The van der Waals surface area contributed by atoms with Crippen molar-refractivity contribution >= 4 is 41.4 Å². The summed E-state index contributed by atoms with van der Waals surface area (Å²) in [6, 6.07) is 0. The third-order valence-corrected chi connectivity index (χ3v) is 24.1. The Morgan fingerprint density at radius 2 is 0.545 bits per heavy atom. The van der Waals surface area contributed by atoms with Crippen LogP contribution in [0.5, 0.6) is 0 Å². The van der Waals surface area contributed by atoms with E-state index in [-0.39, 0.29) is 131 Å². The minimum atomic E-state index is -2.37. The quantitative estimate of drug-likeness (QED) is 0.0164. The van der Waals surface area contributed by atoms with Crippen molar-refractivity contribution in [3.63, 3.8) is 0 Å². The second-order valence-electron chi connectivity index (χ2n) is 34.6. The van der Waals surface area contributed by atoms with Gasteiger partial charge in [-0.05, 0) is 0 Å². The number of aromatic nitrogens is 21. The molecule has 7 aromatic heterocycles. The predicted molar refractivity (Wildman–Crippen MR) is 462 cm³/mol. The number of aromatic amines is 1. The van der Waals surface area contributed by atoms with E-state index in [9.17, 15) is 84.6 Å². The fourth-order valence-corrected chi connectivity index (χ4v) is 17.0. The topological polar surface area (TPSA) is 934 Å². The molecule has 0 saturated carbocycles. The summed E-state index contributed by atoms with van der Waals surface area (Å²) >= 11 is 0. The predicted octanol–water partition coefficient (Wildman–Crippen LogP) is -18.8. The van der Waals surface area contributed by atoms with Crippen LogP contribution >= 0.6 is 0 Å². The number of aliphatic hydroxyl groups is 10. The van der Waals surface area contributed by atoms with E-state index in [4.69, 9.17) is 106 Å². The highest BCUT2D eigenvalue weighted by Crippen LogP contribution is 2.41. The Kier molecular flexibility index (Phi) is 36.6. The van der Waals surface area contributed by atoms with Gasteiger partial charge in [0, 0.05) is 117 Å². The van der Waals surface area contributed by atoms with Crippen molar-refractivity contribution in [3.8, 4) is 0 Å². The van der Waals surface area contributed by atoms with Crippen LogP contribution in [0.4, 0.5) is 0 Å². The van der Waals surface area contributed by atoms with Crippen LogP contribution in [0.25, 0.3) is 0 Å². The molecule has 31 atom stereocenters. The molecule has 0 radical (unpaired) electrons. The summed E-state index contributed by atoms with van der Waals surface area (Å²) in [7, 11) is 0. The molecule has 0 aliphatic carbocycles. The molecular formula is C77H120N35O31+. The van der Waals surface area contributed by atoms with Gasteiger partial charge in [0.15, 0.2) is 84.4 Å².